The standard InChI is InChI=1S/C18H24N2O5/c1-6-10(2)15(18(22)23)19-17(21)12-9-11-13(24-4)7-8-14(25-5)16(11)20(12)3/h7-10,15H,6H2,1-5H3,(H,19,21)(H,22,23)/t10?,15-/m0/s1. The van der Waals surface area contributed by atoms with Gasteiger partial charge in [0.05, 0.1) is 19.7 Å². The maximum atomic E-state index is 12.7. The highest BCUT2D eigenvalue weighted by molar-refractivity contribution is 6.03. The lowest BCUT2D eigenvalue weighted by atomic mass is 9.99. The topological polar surface area (TPSA) is 89.8 Å². The molecule has 2 atom stereocenters. The van der Waals surface area contributed by atoms with Crippen LogP contribution in [0, 0.1) is 5.92 Å². The van der Waals surface area contributed by atoms with Crippen molar-refractivity contribution < 1.29 is 24.2 Å². The highest BCUT2D eigenvalue weighted by atomic mass is 16.5. The summed E-state index contributed by atoms with van der Waals surface area (Å²) in [6, 6.07) is 4.27. The lowest BCUT2D eigenvalue weighted by Gasteiger charge is -2.20. The predicted octanol–water partition coefficient (Wildman–Crippen LogP) is 2.42. The fourth-order valence-corrected chi connectivity index (χ4v) is 2.87. The first kappa shape index (κ1) is 18.6. The Morgan fingerprint density at radius 2 is 1.84 bits per heavy atom. The first-order valence-electron chi connectivity index (χ1n) is 8.09. The number of aromatic nitrogens is 1. The van der Waals surface area contributed by atoms with Crippen molar-refractivity contribution in [3.05, 3.63) is 23.9 Å². The zero-order chi connectivity index (χ0) is 18.7. The minimum atomic E-state index is -1.04. The summed E-state index contributed by atoms with van der Waals surface area (Å²) in [5.74, 6) is -0.455. The van der Waals surface area contributed by atoms with Gasteiger partial charge in [0.15, 0.2) is 0 Å². The van der Waals surface area contributed by atoms with E-state index in [4.69, 9.17) is 9.47 Å². The third kappa shape index (κ3) is 3.40. The van der Waals surface area contributed by atoms with E-state index < -0.39 is 17.9 Å². The number of hydrogen-bond donors (Lipinski definition) is 2. The first-order valence-corrected chi connectivity index (χ1v) is 8.09. The summed E-state index contributed by atoms with van der Waals surface area (Å²) < 4.78 is 12.4. The van der Waals surface area contributed by atoms with Gasteiger partial charge in [-0.1, -0.05) is 20.3 Å². The summed E-state index contributed by atoms with van der Waals surface area (Å²) in [5.41, 5.74) is 1.05. The number of carbonyl (C=O) groups is 2. The minimum Gasteiger partial charge on any atom is -0.496 e. The third-order valence-electron chi connectivity index (χ3n) is 4.56. The SMILES string of the molecule is CCC(C)[C@H](NC(=O)c1cc2c(OC)ccc(OC)c2n1C)C(=O)O. The zero-order valence-corrected chi connectivity index (χ0v) is 15.1. The van der Waals surface area contributed by atoms with E-state index in [-0.39, 0.29) is 5.92 Å². The fraction of sp³-hybridized carbons (Fsp3) is 0.444. The van der Waals surface area contributed by atoms with Crippen LogP contribution in [0.5, 0.6) is 11.5 Å². The normalized spacial score (nSPS) is 13.3. The molecule has 2 aromatic rings. The first-order chi connectivity index (χ1) is 11.8. The van der Waals surface area contributed by atoms with Crippen LogP contribution in [0.3, 0.4) is 0 Å². The summed E-state index contributed by atoms with van der Waals surface area (Å²) in [5, 5.41) is 12.7. The van der Waals surface area contributed by atoms with Gasteiger partial charge in [-0.2, -0.15) is 0 Å². The number of hydrogen-bond acceptors (Lipinski definition) is 4. The van der Waals surface area contributed by atoms with E-state index in [1.165, 1.54) is 0 Å². The summed E-state index contributed by atoms with van der Waals surface area (Å²) in [6.07, 6.45) is 0.647. The van der Waals surface area contributed by atoms with Crippen LogP contribution in [0.1, 0.15) is 30.8 Å². The van der Waals surface area contributed by atoms with Gasteiger partial charge in [-0.3, -0.25) is 4.79 Å². The number of fused-ring (bicyclic) bond motifs is 1. The number of carboxylic acids is 1. The van der Waals surface area contributed by atoms with E-state index in [0.717, 1.165) is 5.39 Å². The Balaban J connectivity index is 2.48. The monoisotopic (exact) mass is 348 g/mol. The van der Waals surface area contributed by atoms with Gasteiger partial charge >= 0.3 is 5.97 Å². The molecule has 0 bridgehead atoms. The quantitative estimate of drug-likeness (QED) is 0.802. The van der Waals surface area contributed by atoms with Gasteiger partial charge in [-0.25, -0.2) is 4.79 Å². The summed E-state index contributed by atoms with van der Waals surface area (Å²) in [7, 11) is 4.84. The van der Waals surface area contributed by atoms with Crippen LogP contribution in [-0.4, -0.2) is 41.8 Å². The summed E-state index contributed by atoms with van der Waals surface area (Å²) in [6.45, 7) is 3.69. The van der Waals surface area contributed by atoms with Crippen molar-refractivity contribution in [1.82, 2.24) is 9.88 Å². The number of nitrogens with one attached hydrogen (secondary N) is 1. The average Bonchev–Trinajstić information content (AvgIpc) is 2.95. The maximum absolute atomic E-state index is 12.7. The van der Waals surface area contributed by atoms with Crippen molar-refractivity contribution in [3.63, 3.8) is 0 Å². The van der Waals surface area contributed by atoms with Gasteiger partial charge in [0.1, 0.15) is 23.2 Å². The predicted molar refractivity (Wildman–Crippen MR) is 94.4 cm³/mol. The number of carboxylic acid groups (broad SMARTS) is 1. The Kier molecular flexibility index (Phi) is 5.56. The Morgan fingerprint density at radius 3 is 2.36 bits per heavy atom. The van der Waals surface area contributed by atoms with Crippen LogP contribution >= 0.6 is 0 Å². The number of aliphatic carboxylic acids is 1. The molecular formula is C18H24N2O5. The molecule has 0 saturated heterocycles. The molecule has 136 valence electrons. The molecule has 1 aromatic heterocycles. The highest BCUT2D eigenvalue weighted by Crippen LogP contribution is 2.35. The van der Waals surface area contributed by atoms with Gasteiger partial charge in [0, 0.05) is 12.4 Å². The fourth-order valence-electron chi connectivity index (χ4n) is 2.87. The maximum Gasteiger partial charge on any atom is 0.326 e. The molecule has 7 heteroatoms. The number of aryl methyl sites for hydroxylation is 1. The largest absolute Gasteiger partial charge is 0.496 e. The van der Waals surface area contributed by atoms with Crippen LogP contribution in [0.25, 0.3) is 10.9 Å². The van der Waals surface area contributed by atoms with Crippen molar-refractivity contribution in [2.45, 2.75) is 26.3 Å². The lowest BCUT2D eigenvalue weighted by Crippen LogP contribution is -2.45. The van der Waals surface area contributed by atoms with Crippen LogP contribution in [-0.2, 0) is 11.8 Å². The number of benzene rings is 1. The van der Waals surface area contributed by atoms with Crippen molar-refractivity contribution >= 4 is 22.8 Å². The summed E-state index contributed by atoms with van der Waals surface area (Å²) >= 11 is 0. The molecule has 0 aliphatic heterocycles. The average molecular weight is 348 g/mol. The van der Waals surface area contributed by atoms with Crippen LogP contribution in [0.2, 0.25) is 0 Å². The Bertz CT molecular complexity index is 796. The molecule has 0 radical (unpaired) electrons. The van der Waals surface area contributed by atoms with Crippen molar-refractivity contribution in [2.24, 2.45) is 13.0 Å². The van der Waals surface area contributed by atoms with E-state index in [1.54, 1.807) is 51.0 Å². The molecule has 1 unspecified atom stereocenters. The van der Waals surface area contributed by atoms with Gasteiger partial charge in [-0.05, 0) is 24.1 Å². The zero-order valence-electron chi connectivity index (χ0n) is 15.1. The number of methoxy groups -OCH3 is 2. The Hall–Kier alpha value is -2.70. The highest BCUT2D eigenvalue weighted by Gasteiger charge is 2.27. The molecule has 1 heterocycles. The third-order valence-corrected chi connectivity index (χ3v) is 4.56. The molecule has 1 amide bonds. The molecule has 7 nitrogen and oxygen atoms in total. The van der Waals surface area contributed by atoms with Gasteiger partial charge in [-0.15, -0.1) is 0 Å². The molecule has 0 spiro atoms. The molecule has 1 aromatic carbocycles. The van der Waals surface area contributed by atoms with Crippen molar-refractivity contribution in [3.8, 4) is 11.5 Å². The second-order valence-corrected chi connectivity index (χ2v) is 6.00. The molecule has 25 heavy (non-hydrogen) atoms. The van der Waals surface area contributed by atoms with Gasteiger partial charge in [0.25, 0.3) is 5.91 Å². The molecule has 0 aliphatic carbocycles. The smallest absolute Gasteiger partial charge is 0.326 e. The molecule has 2 N–H and O–H groups in total. The van der Waals surface area contributed by atoms with E-state index in [0.29, 0.717) is 29.1 Å². The van der Waals surface area contributed by atoms with Crippen molar-refractivity contribution in [1.29, 1.82) is 0 Å². The number of rotatable bonds is 7. The molecule has 0 saturated carbocycles. The van der Waals surface area contributed by atoms with Crippen LogP contribution in [0.4, 0.5) is 0 Å². The van der Waals surface area contributed by atoms with Crippen molar-refractivity contribution in [2.75, 3.05) is 14.2 Å². The van der Waals surface area contributed by atoms with Crippen LogP contribution in [0.15, 0.2) is 18.2 Å². The molecule has 0 fully saturated rings. The molecule has 0 aliphatic rings. The Labute approximate surface area is 146 Å². The van der Waals surface area contributed by atoms with Gasteiger partial charge < -0.3 is 24.5 Å². The number of ether oxygens (including phenoxy) is 2. The molecular weight excluding hydrogens is 324 g/mol. The second kappa shape index (κ2) is 7.46. The number of carbonyl (C=O) groups excluding carboxylic acids is 1. The van der Waals surface area contributed by atoms with E-state index >= 15 is 0 Å². The van der Waals surface area contributed by atoms with Gasteiger partial charge in [0.2, 0.25) is 0 Å². The van der Waals surface area contributed by atoms with Crippen LogP contribution < -0.4 is 14.8 Å². The number of nitrogens with zero attached hydrogens (tertiary/aromatic N) is 1. The summed E-state index contributed by atoms with van der Waals surface area (Å²) in [4.78, 5) is 24.2. The van der Waals surface area contributed by atoms with E-state index in [1.807, 2.05) is 6.92 Å². The second-order valence-electron chi connectivity index (χ2n) is 6.00. The number of amides is 1. The Morgan fingerprint density at radius 1 is 1.24 bits per heavy atom. The lowest BCUT2D eigenvalue weighted by molar-refractivity contribution is -0.140. The van der Waals surface area contributed by atoms with E-state index in [2.05, 4.69) is 5.32 Å². The van der Waals surface area contributed by atoms with E-state index in [9.17, 15) is 14.7 Å². The minimum absolute atomic E-state index is 0.180. The molecule has 2 rings (SSSR count).